The highest BCUT2D eigenvalue weighted by Gasteiger charge is 2.24. The van der Waals surface area contributed by atoms with Gasteiger partial charge in [0.15, 0.2) is 0 Å². The average molecular weight is 261 g/mol. The normalized spacial score (nSPS) is 20.6. The summed E-state index contributed by atoms with van der Waals surface area (Å²) >= 11 is 0. The maximum Gasteiger partial charge on any atom is 0.137 e. The van der Waals surface area contributed by atoms with Crippen LogP contribution in [0.15, 0.2) is 18.3 Å². The lowest BCUT2D eigenvalue weighted by atomic mass is 10.0. The van der Waals surface area contributed by atoms with E-state index in [1.54, 1.807) is 13.3 Å². The third-order valence-electron chi connectivity index (χ3n) is 4.17. The summed E-state index contributed by atoms with van der Waals surface area (Å²) in [6.07, 6.45) is 7.11. The van der Waals surface area contributed by atoms with Crippen LogP contribution in [0.4, 0.5) is 5.82 Å². The molecule has 4 heteroatoms. The Morgan fingerprint density at radius 1 is 1.26 bits per heavy atom. The maximum atomic E-state index is 5.14. The van der Waals surface area contributed by atoms with Crippen molar-refractivity contribution in [3.63, 3.8) is 0 Å². The van der Waals surface area contributed by atoms with E-state index in [0.717, 1.165) is 30.6 Å². The molecule has 19 heavy (non-hydrogen) atoms. The van der Waals surface area contributed by atoms with Crippen LogP contribution in [0.1, 0.15) is 25.7 Å². The minimum atomic E-state index is 0.704. The van der Waals surface area contributed by atoms with E-state index in [2.05, 4.69) is 21.3 Å². The first-order chi connectivity index (χ1) is 9.35. The van der Waals surface area contributed by atoms with Gasteiger partial charge in [-0.15, -0.1) is 0 Å². The van der Waals surface area contributed by atoms with Gasteiger partial charge in [-0.05, 0) is 50.3 Å². The van der Waals surface area contributed by atoms with Gasteiger partial charge in [0, 0.05) is 19.1 Å². The zero-order valence-corrected chi connectivity index (χ0v) is 11.6. The highest BCUT2D eigenvalue weighted by molar-refractivity contribution is 5.41. The summed E-state index contributed by atoms with van der Waals surface area (Å²) < 4.78 is 5.14. The fraction of sp³-hybridized carbons (Fsp3) is 0.667. The Kier molecular flexibility index (Phi) is 3.87. The predicted octanol–water partition coefficient (Wildman–Crippen LogP) is 2.06. The molecule has 1 saturated carbocycles. The van der Waals surface area contributed by atoms with Crippen molar-refractivity contribution in [1.82, 2.24) is 10.3 Å². The average Bonchev–Trinajstić information content (AvgIpc) is 3.30. The van der Waals surface area contributed by atoms with Gasteiger partial charge in [0.2, 0.25) is 0 Å². The molecule has 1 aliphatic heterocycles. The van der Waals surface area contributed by atoms with E-state index in [1.165, 1.54) is 32.2 Å². The number of ether oxygens (including phenoxy) is 1. The van der Waals surface area contributed by atoms with Gasteiger partial charge in [-0.2, -0.15) is 0 Å². The summed E-state index contributed by atoms with van der Waals surface area (Å²) in [6.45, 7) is 3.43. The molecule has 1 N–H and O–H groups in total. The zero-order chi connectivity index (χ0) is 13.1. The SMILES string of the molecule is COc1ccc(N2CCC(NCC3CC3)CC2)nc1. The third kappa shape index (κ3) is 3.38. The first-order valence-electron chi connectivity index (χ1n) is 7.33. The molecule has 0 radical (unpaired) electrons. The highest BCUT2D eigenvalue weighted by Crippen LogP contribution is 2.28. The van der Waals surface area contributed by atoms with Crippen molar-refractivity contribution in [2.75, 3.05) is 31.6 Å². The molecule has 1 aromatic heterocycles. The van der Waals surface area contributed by atoms with Crippen LogP contribution in [0.3, 0.4) is 0 Å². The lowest BCUT2D eigenvalue weighted by Gasteiger charge is -2.33. The fourth-order valence-electron chi connectivity index (χ4n) is 2.65. The lowest BCUT2D eigenvalue weighted by molar-refractivity contribution is 0.405. The van der Waals surface area contributed by atoms with Gasteiger partial charge in [0.1, 0.15) is 11.6 Å². The molecule has 0 unspecified atom stereocenters. The molecule has 0 spiro atoms. The van der Waals surface area contributed by atoms with Crippen molar-refractivity contribution in [2.45, 2.75) is 31.7 Å². The monoisotopic (exact) mass is 261 g/mol. The quantitative estimate of drug-likeness (QED) is 0.880. The topological polar surface area (TPSA) is 37.4 Å². The molecule has 0 bridgehead atoms. The molecule has 4 nitrogen and oxygen atoms in total. The number of nitrogens with zero attached hydrogens (tertiary/aromatic N) is 2. The van der Waals surface area contributed by atoms with Crippen molar-refractivity contribution in [1.29, 1.82) is 0 Å². The van der Waals surface area contributed by atoms with Crippen molar-refractivity contribution in [3.05, 3.63) is 18.3 Å². The van der Waals surface area contributed by atoms with Crippen LogP contribution in [-0.2, 0) is 0 Å². The van der Waals surface area contributed by atoms with Crippen LogP contribution in [0.2, 0.25) is 0 Å². The Morgan fingerprint density at radius 3 is 2.63 bits per heavy atom. The smallest absolute Gasteiger partial charge is 0.137 e. The number of aromatic nitrogens is 1. The number of methoxy groups -OCH3 is 1. The Morgan fingerprint density at radius 2 is 2.05 bits per heavy atom. The van der Waals surface area contributed by atoms with Crippen LogP contribution >= 0.6 is 0 Å². The number of pyridine rings is 1. The van der Waals surface area contributed by atoms with Gasteiger partial charge in [-0.3, -0.25) is 0 Å². The third-order valence-corrected chi connectivity index (χ3v) is 4.17. The molecule has 104 valence electrons. The second-order valence-electron chi connectivity index (χ2n) is 5.67. The summed E-state index contributed by atoms with van der Waals surface area (Å²) in [7, 11) is 1.67. The highest BCUT2D eigenvalue weighted by atomic mass is 16.5. The second kappa shape index (κ2) is 5.78. The minimum Gasteiger partial charge on any atom is -0.495 e. The molecular weight excluding hydrogens is 238 g/mol. The van der Waals surface area contributed by atoms with E-state index in [-0.39, 0.29) is 0 Å². The Bertz CT molecular complexity index is 394. The summed E-state index contributed by atoms with van der Waals surface area (Å²) in [5.41, 5.74) is 0. The number of anilines is 1. The van der Waals surface area contributed by atoms with Crippen molar-refractivity contribution < 1.29 is 4.74 Å². The van der Waals surface area contributed by atoms with Crippen LogP contribution in [0.5, 0.6) is 5.75 Å². The maximum absolute atomic E-state index is 5.14. The van der Waals surface area contributed by atoms with Gasteiger partial charge in [0.25, 0.3) is 0 Å². The molecule has 1 saturated heterocycles. The van der Waals surface area contributed by atoms with E-state index in [1.807, 2.05) is 6.07 Å². The standard InChI is InChI=1S/C15H23N3O/c1-19-14-4-5-15(17-11-14)18-8-6-13(7-9-18)16-10-12-2-3-12/h4-5,11-13,16H,2-3,6-10H2,1H3. The van der Waals surface area contributed by atoms with Crippen LogP contribution < -0.4 is 15.0 Å². The largest absolute Gasteiger partial charge is 0.495 e. The predicted molar refractivity (Wildman–Crippen MR) is 76.8 cm³/mol. The van der Waals surface area contributed by atoms with Crippen LogP contribution in [0.25, 0.3) is 0 Å². The number of hydrogen-bond donors (Lipinski definition) is 1. The van der Waals surface area contributed by atoms with Crippen molar-refractivity contribution in [2.24, 2.45) is 5.92 Å². The molecule has 3 rings (SSSR count). The van der Waals surface area contributed by atoms with Gasteiger partial charge < -0.3 is 15.0 Å². The van der Waals surface area contributed by atoms with Crippen LogP contribution in [-0.4, -0.2) is 37.8 Å². The summed E-state index contributed by atoms with van der Waals surface area (Å²) in [6, 6.07) is 4.74. The Balaban J connectivity index is 1.47. The Hall–Kier alpha value is -1.29. The van der Waals surface area contributed by atoms with Crippen molar-refractivity contribution >= 4 is 5.82 Å². The summed E-state index contributed by atoms with van der Waals surface area (Å²) in [4.78, 5) is 6.83. The van der Waals surface area contributed by atoms with Crippen molar-refractivity contribution in [3.8, 4) is 5.75 Å². The molecule has 0 atom stereocenters. The number of rotatable bonds is 5. The molecular formula is C15H23N3O. The lowest BCUT2D eigenvalue weighted by Crippen LogP contribution is -2.43. The summed E-state index contributed by atoms with van der Waals surface area (Å²) in [5, 5.41) is 3.71. The molecule has 2 heterocycles. The van der Waals surface area contributed by atoms with Gasteiger partial charge in [-0.1, -0.05) is 0 Å². The van der Waals surface area contributed by atoms with E-state index in [0.29, 0.717) is 6.04 Å². The second-order valence-corrected chi connectivity index (χ2v) is 5.67. The molecule has 0 amide bonds. The van der Waals surface area contributed by atoms with E-state index in [9.17, 15) is 0 Å². The van der Waals surface area contributed by atoms with Gasteiger partial charge in [-0.25, -0.2) is 4.98 Å². The number of hydrogen-bond acceptors (Lipinski definition) is 4. The van der Waals surface area contributed by atoms with Gasteiger partial charge in [0.05, 0.1) is 13.3 Å². The fourth-order valence-corrected chi connectivity index (χ4v) is 2.65. The van der Waals surface area contributed by atoms with Gasteiger partial charge >= 0.3 is 0 Å². The zero-order valence-electron chi connectivity index (χ0n) is 11.6. The Labute approximate surface area is 115 Å². The minimum absolute atomic E-state index is 0.704. The van der Waals surface area contributed by atoms with E-state index >= 15 is 0 Å². The number of nitrogens with one attached hydrogen (secondary N) is 1. The molecule has 1 aromatic rings. The van der Waals surface area contributed by atoms with E-state index in [4.69, 9.17) is 4.74 Å². The number of piperidine rings is 1. The first kappa shape index (κ1) is 12.7. The molecule has 2 aliphatic rings. The molecule has 2 fully saturated rings. The first-order valence-corrected chi connectivity index (χ1v) is 7.33. The van der Waals surface area contributed by atoms with Crippen LogP contribution in [0, 0.1) is 5.92 Å². The summed E-state index contributed by atoms with van der Waals surface area (Å²) in [5.74, 6) is 2.87. The molecule has 1 aliphatic carbocycles. The molecule has 0 aromatic carbocycles. The van der Waals surface area contributed by atoms with E-state index < -0.39 is 0 Å².